The van der Waals surface area contributed by atoms with Crippen molar-refractivity contribution in [2.75, 3.05) is 13.1 Å². The zero-order valence-electron chi connectivity index (χ0n) is 14.4. The average molecular weight is 324 g/mol. The van der Waals surface area contributed by atoms with Gasteiger partial charge in [-0.15, -0.1) is 11.3 Å². The first kappa shape index (κ1) is 17.4. The largest absolute Gasteiger partial charge is 0.341 e. The zero-order valence-corrected chi connectivity index (χ0v) is 15.2. The van der Waals surface area contributed by atoms with Crippen molar-refractivity contribution in [1.82, 2.24) is 9.88 Å². The van der Waals surface area contributed by atoms with E-state index in [-0.39, 0.29) is 11.3 Å². The van der Waals surface area contributed by atoms with Gasteiger partial charge in [0.1, 0.15) is 0 Å². The van der Waals surface area contributed by atoms with Gasteiger partial charge in [-0.3, -0.25) is 4.79 Å². The Morgan fingerprint density at radius 3 is 2.68 bits per heavy atom. The van der Waals surface area contributed by atoms with Crippen molar-refractivity contribution < 1.29 is 4.79 Å². The van der Waals surface area contributed by atoms with E-state index >= 15 is 0 Å². The summed E-state index contributed by atoms with van der Waals surface area (Å²) < 4.78 is 0. The summed E-state index contributed by atoms with van der Waals surface area (Å²) >= 11 is 1.73. The van der Waals surface area contributed by atoms with Crippen LogP contribution >= 0.6 is 11.3 Å². The Bertz CT molecular complexity index is 518. The molecular weight excluding hydrogens is 294 g/mol. The SMILES string of the molecule is CC(C)c1csc(C2CCCN(C(=O)[C@@H](N)C(C)(C)C)C2)n1. The number of thiazole rings is 1. The molecule has 0 aromatic carbocycles. The summed E-state index contributed by atoms with van der Waals surface area (Å²) in [6.45, 7) is 12.0. The Morgan fingerprint density at radius 1 is 1.45 bits per heavy atom. The van der Waals surface area contributed by atoms with Crippen molar-refractivity contribution in [3.05, 3.63) is 16.1 Å². The van der Waals surface area contributed by atoms with E-state index in [1.165, 1.54) is 5.01 Å². The van der Waals surface area contributed by atoms with Gasteiger partial charge in [0.25, 0.3) is 0 Å². The number of aromatic nitrogens is 1. The molecule has 1 amide bonds. The van der Waals surface area contributed by atoms with Crippen LogP contribution in [0.3, 0.4) is 0 Å². The predicted molar refractivity (Wildman–Crippen MR) is 92.2 cm³/mol. The summed E-state index contributed by atoms with van der Waals surface area (Å²) in [6, 6.07) is -0.436. The first-order valence-corrected chi connectivity index (χ1v) is 9.07. The Kier molecular flexibility index (Phi) is 5.28. The second kappa shape index (κ2) is 6.67. The standard InChI is InChI=1S/C17H29N3OS/c1-11(2)13-10-22-15(19-13)12-7-6-8-20(9-12)16(21)14(18)17(3,4)5/h10-12,14H,6-9,18H2,1-5H3/t12?,14-/m1/s1. The summed E-state index contributed by atoms with van der Waals surface area (Å²) in [5.41, 5.74) is 7.11. The van der Waals surface area contributed by atoms with Gasteiger partial charge in [-0.2, -0.15) is 0 Å². The summed E-state index contributed by atoms with van der Waals surface area (Å²) in [5, 5.41) is 3.33. The number of carbonyl (C=O) groups excluding carboxylic acids is 1. The van der Waals surface area contributed by atoms with Crippen LogP contribution in [0.2, 0.25) is 0 Å². The number of hydrogen-bond donors (Lipinski definition) is 1. The van der Waals surface area contributed by atoms with Crippen LogP contribution in [0.4, 0.5) is 0 Å². The molecule has 0 saturated carbocycles. The van der Waals surface area contributed by atoms with Crippen LogP contribution in [0.25, 0.3) is 0 Å². The Morgan fingerprint density at radius 2 is 2.14 bits per heavy atom. The molecule has 124 valence electrons. The summed E-state index contributed by atoms with van der Waals surface area (Å²) in [7, 11) is 0. The lowest BCUT2D eigenvalue weighted by molar-refractivity contribution is -0.136. The van der Waals surface area contributed by atoms with Gasteiger partial charge in [0.2, 0.25) is 5.91 Å². The molecule has 2 N–H and O–H groups in total. The highest BCUT2D eigenvalue weighted by Crippen LogP contribution is 2.31. The molecule has 1 aromatic heterocycles. The quantitative estimate of drug-likeness (QED) is 0.928. The Balaban J connectivity index is 2.06. The average Bonchev–Trinajstić information content (AvgIpc) is 2.95. The van der Waals surface area contributed by atoms with Crippen LogP contribution in [0.1, 0.15) is 70.0 Å². The number of likely N-dealkylation sites (tertiary alicyclic amines) is 1. The smallest absolute Gasteiger partial charge is 0.240 e. The molecular formula is C17H29N3OS. The minimum absolute atomic E-state index is 0.0813. The molecule has 0 radical (unpaired) electrons. The molecule has 1 unspecified atom stereocenters. The fourth-order valence-corrected chi connectivity index (χ4v) is 3.81. The molecule has 22 heavy (non-hydrogen) atoms. The predicted octanol–water partition coefficient (Wildman–Crippen LogP) is 3.35. The lowest BCUT2D eigenvalue weighted by Gasteiger charge is -2.36. The van der Waals surface area contributed by atoms with Crippen LogP contribution in [-0.2, 0) is 4.79 Å². The van der Waals surface area contributed by atoms with Crippen LogP contribution in [0, 0.1) is 5.41 Å². The van der Waals surface area contributed by atoms with E-state index in [4.69, 9.17) is 10.7 Å². The van der Waals surface area contributed by atoms with Gasteiger partial charge >= 0.3 is 0 Å². The van der Waals surface area contributed by atoms with Crippen molar-refractivity contribution in [1.29, 1.82) is 0 Å². The van der Waals surface area contributed by atoms with E-state index in [2.05, 4.69) is 19.2 Å². The summed E-state index contributed by atoms with van der Waals surface area (Å²) in [5.74, 6) is 0.904. The molecule has 1 saturated heterocycles. The molecule has 0 aliphatic carbocycles. The minimum atomic E-state index is -0.436. The van der Waals surface area contributed by atoms with Gasteiger partial charge in [-0.25, -0.2) is 4.98 Å². The van der Waals surface area contributed by atoms with Crippen LogP contribution in [-0.4, -0.2) is 34.9 Å². The third-order valence-electron chi connectivity index (χ3n) is 4.41. The van der Waals surface area contributed by atoms with Crippen LogP contribution in [0.5, 0.6) is 0 Å². The second-order valence-electron chi connectivity index (χ2n) is 7.73. The molecule has 1 fully saturated rings. The number of hydrogen-bond acceptors (Lipinski definition) is 4. The molecule has 2 atom stereocenters. The molecule has 1 aromatic rings. The van der Waals surface area contributed by atoms with Gasteiger partial charge in [0.15, 0.2) is 0 Å². The maximum Gasteiger partial charge on any atom is 0.240 e. The van der Waals surface area contributed by atoms with Gasteiger partial charge in [0, 0.05) is 24.4 Å². The lowest BCUT2D eigenvalue weighted by Crippen LogP contribution is -2.52. The number of rotatable bonds is 3. The second-order valence-corrected chi connectivity index (χ2v) is 8.62. The fourth-order valence-electron chi connectivity index (χ4n) is 2.70. The van der Waals surface area contributed by atoms with E-state index in [9.17, 15) is 4.79 Å². The number of piperidine rings is 1. The Labute approximate surface area is 138 Å². The number of nitrogens with zero attached hydrogens (tertiary/aromatic N) is 2. The Hall–Kier alpha value is -0.940. The fraction of sp³-hybridized carbons (Fsp3) is 0.765. The van der Waals surface area contributed by atoms with E-state index in [0.29, 0.717) is 11.8 Å². The van der Waals surface area contributed by atoms with Crippen molar-refractivity contribution in [3.8, 4) is 0 Å². The van der Waals surface area contributed by atoms with Crippen LogP contribution < -0.4 is 5.73 Å². The third-order valence-corrected chi connectivity index (χ3v) is 5.44. The van der Waals surface area contributed by atoms with Crippen molar-refractivity contribution in [3.63, 3.8) is 0 Å². The minimum Gasteiger partial charge on any atom is -0.341 e. The molecule has 0 bridgehead atoms. The van der Waals surface area contributed by atoms with Gasteiger partial charge in [-0.1, -0.05) is 34.6 Å². The topological polar surface area (TPSA) is 59.2 Å². The van der Waals surface area contributed by atoms with Crippen molar-refractivity contribution in [2.24, 2.45) is 11.1 Å². The molecule has 2 rings (SSSR count). The normalized spacial score (nSPS) is 21.2. The van der Waals surface area contributed by atoms with Gasteiger partial charge < -0.3 is 10.6 Å². The highest BCUT2D eigenvalue weighted by atomic mass is 32.1. The monoisotopic (exact) mass is 323 g/mol. The number of nitrogens with two attached hydrogens (primary N) is 1. The lowest BCUT2D eigenvalue weighted by atomic mass is 9.86. The van der Waals surface area contributed by atoms with Gasteiger partial charge in [-0.05, 0) is 24.2 Å². The maximum absolute atomic E-state index is 12.6. The first-order valence-electron chi connectivity index (χ1n) is 8.20. The highest BCUT2D eigenvalue weighted by Gasteiger charge is 2.34. The molecule has 0 spiro atoms. The van der Waals surface area contributed by atoms with E-state index in [0.717, 1.165) is 31.6 Å². The summed E-state index contributed by atoms with van der Waals surface area (Å²) in [6.07, 6.45) is 2.14. The van der Waals surface area contributed by atoms with Gasteiger partial charge in [0.05, 0.1) is 16.7 Å². The molecule has 1 aliphatic rings. The molecule has 4 nitrogen and oxygen atoms in total. The number of carbonyl (C=O) groups is 1. The molecule has 2 heterocycles. The first-order chi connectivity index (χ1) is 10.2. The number of amides is 1. The third kappa shape index (κ3) is 3.87. The molecule has 1 aliphatic heterocycles. The van der Waals surface area contributed by atoms with Crippen LogP contribution in [0.15, 0.2) is 5.38 Å². The van der Waals surface area contributed by atoms with E-state index < -0.39 is 6.04 Å². The van der Waals surface area contributed by atoms with E-state index in [1.807, 2.05) is 25.7 Å². The van der Waals surface area contributed by atoms with Crippen molar-refractivity contribution >= 4 is 17.2 Å². The van der Waals surface area contributed by atoms with E-state index in [1.54, 1.807) is 11.3 Å². The molecule has 5 heteroatoms. The summed E-state index contributed by atoms with van der Waals surface area (Å²) in [4.78, 5) is 19.3. The van der Waals surface area contributed by atoms with Crippen molar-refractivity contribution in [2.45, 2.75) is 65.3 Å². The highest BCUT2D eigenvalue weighted by molar-refractivity contribution is 7.09. The maximum atomic E-state index is 12.6. The zero-order chi connectivity index (χ0) is 16.5.